The molecule has 4 heterocycles. The van der Waals surface area contributed by atoms with Gasteiger partial charge in [0.05, 0.1) is 44.0 Å². The van der Waals surface area contributed by atoms with E-state index >= 15 is 0 Å². The number of phenols is 1. The summed E-state index contributed by atoms with van der Waals surface area (Å²) in [5.74, 6) is -3.48. The van der Waals surface area contributed by atoms with Gasteiger partial charge in [0, 0.05) is 50.6 Å². The Balaban J connectivity index is 1.22. The third-order valence-electron chi connectivity index (χ3n) is 9.95. The first-order valence-corrected chi connectivity index (χ1v) is 16.5. The topological polar surface area (TPSA) is 151 Å². The first kappa shape index (κ1) is 33.2. The number of hydrogen-bond donors (Lipinski definition) is 3. The molecule has 0 radical (unpaired) electrons. The SMILES string of the molecule is O=C1COCCOCCNC(=O)[C@@H]2[C@H](n3cc(-c4cccc(O)c4)nn3)CCN2C(=O)CC2(CCN(C3CCC(F)(F)CC3)CC2)N1. The maximum Gasteiger partial charge on any atom is 0.248 e. The van der Waals surface area contributed by atoms with Crippen molar-refractivity contribution in [1.82, 2.24) is 35.4 Å². The monoisotopic (exact) mass is 659 g/mol. The predicted octanol–water partition coefficient (Wildman–Crippen LogP) is 1.87. The number of nitrogens with one attached hydrogen (secondary N) is 2. The predicted molar refractivity (Wildman–Crippen MR) is 164 cm³/mol. The van der Waals surface area contributed by atoms with E-state index < -0.39 is 23.5 Å². The molecule has 15 heteroatoms. The molecule has 13 nitrogen and oxygen atoms in total. The third kappa shape index (κ3) is 7.90. The van der Waals surface area contributed by atoms with Crippen LogP contribution >= 0.6 is 0 Å². The van der Waals surface area contributed by atoms with Gasteiger partial charge in [-0.3, -0.25) is 14.4 Å². The number of aromatic nitrogens is 3. The number of carbonyl (C=O) groups excluding carboxylic acids is 3. The van der Waals surface area contributed by atoms with Gasteiger partial charge in [-0.15, -0.1) is 5.10 Å². The minimum absolute atomic E-state index is 0.0131. The largest absolute Gasteiger partial charge is 0.508 e. The number of fused-ring (bicyclic) bond motifs is 1. The minimum atomic E-state index is -2.61. The van der Waals surface area contributed by atoms with E-state index in [2.05, 4.69) is 25.8 Å². The Morgan fingerprint density at radius 1 is 0.957 bits per heavy atom. The molecule has 0 unspecified atom stereocenters. The van der Waals surface area contributed by atoms with Crippen LogP contribution in [0, 0.1) is 0 Å². The Morgan fingerprint density at radius 3 is 2.49 bits per heavy atom. The molecule has 4 fully saturated rings. The van der Waals surface area contributed by atoms with Gasteiger partial charge in [0.1, 0.15) is 24.1 Å². The van der Waals surface area contributed by atoms with Crippen LogP contribution in [0.5, 0.6) is 5.75 Å². The van der Waals surface area contributed by atoms with Gasteiger partial charge in [0.25, 0.3) is 0 Å². The molecule has 1 spiro atoms. The van der Waals surface area contributed by atoms with Gasteiger partial charge in [0.15, 0.2) is 0 Å². The van der Waals surface area contributed by atoms with Gasteiger partial charge in [-0.25, -0.2) is 13.5 Å². The number of halogens is 2. The molecule has 6 rings (SSSR count). The summed E-state index contributed by atoms with van der Waals surface area (Å²) in [6.45, 7) is 2.13. The smallest absolute Gasteiger partial charge is 0.248 e. The maximum absolute atomic E-state index is 14.2. The number of likely N-dealkylation sites (tertiary alicyclic amines) is 1. The van der Waals surface area contributed by atoms with E-state index in [9.17, 15) is 28.3 Å². The van der Waals surface area contributed by atoms with E-state index in [0.29, 0.717) is 63.0 Å². The number of hydrogen-bond acceptors (Lipinski definition) is 9. The summed E-state index contributed by atoms with van der Waals surface area (Å²) < 4.78 is 40.3. The summed E-state index contributed by atoms with van der Waals surface area (Å²) in [5.41, 5.74) is 0.302. The van der Waals surface area contributed by atoms with Crippen molar-refractivity contribution in [2.75, 3.05) is 52.6 Å². The van der Waals surface area contributed by atoms with Crippen molar-refractivity contribution in [3.8, 4) is 17.0 Å². The summed E-state index contributed by atoms with van der Waals surface area (Å²) in [4.78, 5) is 44.7. The van der Waals surface area contributed by atoms with Crippen molar-refractivity contribution in [2.45, 2.75) is 81.0 Å². The van der Waals surface area contributed by atoms with E-state index in [4.69, 9.17) is 9.47 Å². The van der Waals surface area contributed by atoms with Crippen molar-refractivity contribution in [3.05, 3.63) is 30.5 Å². The highest BCUT2D eigenvalue weighted by molar-refractivity contribution is 5.89. The lowest BCUT2D eigenvalue weighted by molar-refractivity contribution is -0.142. The first-order valence-electron chi connectivity index (χ1n) is 16.5. The molecule has 0 bridgehead atoms. The third-order valence-corrected chi connectivity index (χ3v) is 9.95. The maximum atomic E-state index is 14.2. The van der Waals surface area contributed by atoms with E-state index in [0.717, 1.165) is 0 Å². The number of alkyl halides is 2. The Bertz CT molecular complexity index is 1420. The summed E-state index contributed by atoms with van der Waals surface area (Å²) >= 11 is 0. The Morgan fingerprint density at radius 2 is 1.72 bits per heavy atom. The van der Waals surface area contributed by atoms with Gasteiger partial charge in [-0.1, -0.05) is 17.3 Å². The average Bonchev–Trinajstić information content (AvgIpc) is 3.71. The summed E-state index contributed by atoms with van der Waals surface area (Å²) in [6, 6.07) is 5.31. The lowest BCUT2D eigenvalue weighted by atomic mass is 9.81. The van der Waals surface area contributed by atoms with Crippen LogP contribution in [0.4, 0.5) is 8.78 Å². The Hall–Kier alpha value is -3.69. The molecule has 2 aromatic rings. The Labute approximate surface area is 271 Å². The summed E-state index contributed by atoms with van der Waals surface area (Å²) in [7, 11) is 0. The molecule has 1 aromatic carbocycles. The van der Waals surface area contributed by atoms with Gasteiger partial charge in [0.2, 0.25) is 23.6 Å². The minimum Gasteiger partial charge on any atom is -0.508 e. The molecule has 47 heavy (non-hydrogen) atoms. The fourth-order valence-electron chi connectivity index (χ4n) is 7.40. The lowest BCUT2D eigenvalue weighted by Crippen LogP contribution is -2.60. The number of amides is 3. The number of carbonyl (C=O) groups is 3. The van der Waals surface area contributed by atoms with Crippen molar-refractivity contribution in [1.29, 1.82) is 0 Å². The van der Waals surface area contributed by atoms with Crippen LogP contribution < -0.4 is 10.6 Å². The van der Waals surface area contributed by atoms with Crippen LogP contribution in [0.3, 0.4) is 0 Å². The molecular weight excluding hydrogens is 616 g/mol. The molecule has 256 valence electrons. The first-order chi connectivity index (χ1) is 22.6. The fourth-order valence-corrected chi connectivity index (χ4v) is 7.40. The highest BCUT2D eigenvalue weighted by Gasteiger charge is 2.47. The lowest BCUT2D eigenvalue weighted by Gasteiger charge is -2.46. The van der Waals surface area contributed by atoms with E-state index in [1.54, 1.807) is 40.0 Å². The molecule has 2 atom stereocenters. The molecule has 3 aliphatic heterocycles. The molecule has 3 N–H and O–H groups in total. The average molecular weight is 660 g/mol. The van der Waals surface area contributed by atoms with Crippen molar-refractivity contribution in [3.63, 3.8) is 0 Å². The van der Waals surface area contributed by atoms with Crippen LogP contribution in [-0.2, 0) is 23.9 Å². The van der Waals surface area contributed by atoms with Crippen LogP contribution in [-0.4, -0.2) is 124 Å². The van der Waals surface area contributed by atoms with E-state index in [1.807, 2.05) is 0 Å². The van der Waals surface area contributed by atoms with Crippen molar-refractivity contribution in [2.24, 2.45) is 0 Å². The van der Waals surface area contributed by atoms with Gasteiger partial charge >= 0.3 is 0 Å². The number of piperidine rings is 1. The zero-order valence-corrected chi connectivity index (χ0v) is 26.4. The zero-order valence-electron chi connectivity index (χ0n) is 26.4. The number of ether oxygens (including phenoxy) is 2. The van der Waals surface area contributed by atoms with Crippen LogP contribution in [0.25, 0.3) is 11.3 Å². The van der Waals surface area contributed by atoms with Crippen molar-refractivity contribution < 1.29 is 37.7 Å². The number of phenolic OH excluding ortho intramolecular Hbond substituents is 1. The highest BCUT2D eigenvalue weighted by atomic mass is 19.3. The Kier molecular flexibility index (Phi) is 10.0. The molecule has 4 aliphatic rings. The summed E-state index contributed by atoms with van der Waals surface area (Å²) in [5, 5.41) is 24.5. The molecule has 1 aliphatic carbocycles. The number of nitrogens with zero attached hydrogens (tertiary/aromatic N) is 5. The number of aromatic hydroxyl groups is 1. The zero-order chi connectivity index (χ0) is 33.0. The fraction of sp³-hybridized carbons (Fsp3) is 0.656. The standard InChI is InChI=1S/C32H43F2N7O6/c33-32(34)7-4-23(5-8-32)39-13-9-31(10-14-39)19-28(44)40-12-6-26(41-20-25(37-38-41)22-2-1-3-24(42)18-22)29(40)30(45)35-11-15-46-16-17-47-21-27(43)36-31/h1-3,18,20,23,26,29,42H,4-17,19,21H2,(H,35,45)(H,36,43)/t26-,29+/m1/s1. The normalized spacial score (nSPS) is 26.9. The number of benzene rings is 1. The summed E-state index contributed by atoms with van der Waals surface area (Å²) in [6.07, 6.45) is 3.66. The molecule has 3 saturated heterocycles. The second-order valence-corrected chi connectivity index (χ2v) is 13.1. The second-order valence-electron chi connectivity index (χ2n) is 13.1. The molecule has 3 amide bonds. The van der Waals surface area contributed by atoms with Gasteiger partial charge in [-0.2, -0.15) is 0 Å². The molecular formula is C32H43F2N7O6. The van der Waals surface area contributed by atoms with E-state index in [-0.39, 0.29) is 81.7 Å². The van der Waals surface area contributed by atoms with Gasteiger partial charge < -0.3 is 35.0 Å². The van der Waals surface area contributed by atoms with E-state index in [1.165, 1.54) is 0 Å². The van der Waals surface area contributed by atoms with Crippen molar-refractivity contribution >= 4 is 17.7 Å². The van der Waals surface area contributed by atoms with Crippen LogP contribution in [0.15, 0.2) is 30.5 Å². The second kappa shape index (κ2) is 14.2. The molecule has 1 aromatic heterocycles. The number of rotatable bonds is 3. The molecule has 1 saturated carbocycles. The van der Waals surface area contributed by atoms with Crippen LogP contribution in [0.1, 0.15) is 57.4 Å². The highest BCUT2D eigenvalue weighted by Crippen LogP contribution is 2.38. The quantitative estimate of drug-likeness (QED) is 0.449. The van der Waals surface area contributed by atoms with Crippen LogP contribution in [0.2, 0.25) is 0 Å². The van der Waals surface area contributed by atoms with Gasteiger partial charge in [-0.05, 0) is 44.2 Å².